The Balaban J connectivity index is 1.73. The third-order valence-electron chi connectivity index (χ3n) is 3.53. The number of rotatable bonds is 3. The van der Waals surface area contributed by atoms with Gasteiger partial charge in [-0.25, -0.2) is 4.98 Å². The minimum Gasteiger partial charge on any atom is -0.370 e. The van der Waals surface area contributed by atoms with Gasteiger partial charge in [0.1, 0.15) is 6.10 Å². The van der Waals surface area contributed by atoms with Crippen LogP contribution in [0.4, 0.5) is 0 Å². The Bertz CT molecular complexity index is 769. The van der Waals surface area contributed by atoms with Gasteiger partial charge in [-0.05, 0) is 18.8 Å². The van der Waals surface area contributed by atoms with Gasteiger partial charge in [-0.3, -0.25) is 0 Å². The van der Waals surface area contributed by atoms with E-state index in [0.717, 1.165) is 45.9 Å². The van der Waals surface area contributed by atoms with Crippen molar-refractivity contribution in [3.05, 3.63) is 16.9 Å². The van der Waals surface area contributed by atoms with E-state index in [9.17, 15) is 0 Å². The van der Waals surface area contributed by atoms with E-state index in [1.165, 1.54) is 11.3 Å². The highest BCUT2D eigenvalue weighted by molar-refractivity contribution is 7.23. The summed E-state index contributed by atoms with van der Waals surface area (Å²) in [5.41, 5.74) is 1.11. The van der Waals surface area contributed by atoms with Crippen LogP contribution in [-0.4, -0.2) is 31.4 Å². The quantitative estimate of drug-likeness (QED) is 0.740. The number of hydrogen-bond donors (Lipinski definition) is 0. The van der Waals surface area contributed by atoms with Crippen molar-refractivity contribution < 1.29 is 4.74 Å². The Morgan fingerprint density at radius 3 is 2.95 bits per heavy atom. The fourth-order valence-electron chi connectivity index (χ4n) is 2.35. The average molecular weight is 321 g/mol. The van der Waals surface area contributed by atoms with Gasteiger partial charge in [0.25, 0.3) is 0 Å². The van der Waals surface area contributed by atoms with Crippen molar-refractivity contribution in [3.8, 4) is 10.0 Å². The molecule has 0 spiro atoms. The zero-order valence-corrected chi connectivity index (χ0v) is 13.4. The molecule has 1 aliphatic heterocycles. The second-order valence-electron chi connectivity index (χ2n) is 5.39. The minimum absolute atomic E-state index is 0.0254. The monoisotopic (exact) mass is 321 g/mol. The molecule has 110 valence electrons. The molecule has 1 fully saturated rings. The van der Waals surface area contributed by atoms with Crippen molar-refractivity contribution in [2.45, 2.75) is 38.7 Å². The molecule has 1 atom stereocenters. The van der Waals surface area contributed by atoms with E-state index >= 15 is 0 Å². The largest absolute Gasteiger partial charge is 0.370 e. The lowest BCUT2D eigenvalue weighted by molar-refractivity contribution is 0.103. The molecule has 4 rings (SSSR count). The summed E-state index contributed by atoms with van der Waals surface area (Å²) in [5.74, 6) is 1.24. The topological polar surface area (TPSA) is 65.2 Å². The number of aromatic nitrogens is 5. The van der Waals surface area contributed by atoms with Crippen LogP contribution in [0.25, 0.3) is 15.0 Å². The molecule has 21 heavy (non-hydrogen) atoms. The van der Waals surface area contributed by atoms with Crippen LogP contribution < -0.4 is 0 Å². The standard InChI is InChI=1S/C13H15N5OS2/c1-7(2)8-6-20-11(14-8)12-17-18-10(9-4-3-5-19-9)15-16-13(18)21-12/h6-7,9H,3-5H2,1-2H3. The van der Waals surface area contributed by atoms with Crippen LogP contribution in [0.1, 0.15) is 50.2 Å². The number of nitrogens with zero attached hydrogens (tertiary/aromatic N) is 5. The molecule has 0 aromatic carbocycles. The van der Waals surface area contributed by atoms with E-state index in [1.54, 1.807) is 11.3 Å². The molecule has 1 saturated heterocycles. The van der Waals surface area contributed by atoms with Crippen molar-refractivity contribution in [2.75, 3.05) is 6.61 Å². The summed E-state index contributed by atoms with van der Waals surface area (Å²) in [6, 6.07) is 0. The van der Waals surface area contributed by atoms with Crippen LogP contribution in [0.3, 0.4) is 0 Å². The van der Waals surface area contributed by atoms with E-state index in [-0.39, 0.29) is 6.10 Å². The first-order valence-corrected chi connectivity index (χ1v) is 8.71. The predicted molar refractivity (Wildman–Crippen MR) is 81.8 cm³/mol. The lowest BCUT2D eigenvalue weighted by atomic mass is 10.2. The summed E-state index contributed by atoms with van der Waals surface area (Å²) in [6.07, 6.45) is 2.08. The molecule has 1 unspecified atom stereocenters. The van der Waals surface area contributed by atoms with E-state index in [2.05, 4.69) is 39.5 Å². The Morgan fingerprint density at radius 2 is 2.24 bits per heavy atom. The van der Waals surface area contributed by atoms with Gasteiger partial charge in [-0.15, -0.1) is 21.5 Å². The number of thiazole rings is 1. The highest BCUT2D eigenvalue weighted by atomic mass is 32.1. The third-order valence-corrected chi connectivity index (χ3v) is 5.43. The van der Waals surface area contributed by atoms with Crippen LogP contribution in [0.15, 0.2) is 5.38 Å². The molecule has 3 aromatic rings. The van der Waals surface area contributed by atoms with Crippen LogP contribution in [-0.2, 0) is 4.74 Å². The SMILES string of the molecule is CC(C)c1csc(-c2nn3c(C4CCCO4)nnc3s2)n1. The second kappa shape index (κ2) is 5.11. The molecule has 0 radical (unpaired) electrons. The molecule has 0 bridgehead atoms. The minimum atomic E-state index is 0.0254. The van der Waals surface area contributed by atoms with Crippen LogP contribution in [0.5, 0.6) is 0 Å². The molecular formula is C13H15N5OS2. The van der Waals surface area contributed by atoms with Gasteiger partial charge in [0.15, 0.2) is 15.8 Å². The maximum Gasteiger partial charge on any atom is 0.235 e. The Morgan fingerprint density at radius 1 is 1.33 bits per heavy atom. The smallest absolute Gasteiger partial charge is 0.235 e. The Kier molecular flexibility index (Phi) is 3.24. The van der Waals surface area contributed by atoms with Gasteiger partial charge in [0.2, 0.25) is 4.96 Å². The molecule has 3 aromatic heterocycles. The first kappa shape index (κ1) is 13.3. The predicted octanol–water partition coefficient (Wildman–Crippen LogP) is 3.28. The molecule has 1 aliphatic rings. The summed E-state index contributed by atoms with van der Waals surface area (Å²) < 4.78 is 7.50. The van der Waals surface area contributed by atoms with Gasteiger partial charge < -0.3 is 4.74 Å². The fraction of sp³-hybridized carbons (Fsp3) is 0.538. The maximum atomic E-state index is 5.68. The summed E-state index contributed by atoms with van der Waals surface area (Å²) >= 11 is 3.16. The van der Waals surface area contributed by atoms with Crippen LogP contribution >= 0.6 is 22.7 Å². The molecule has 0 saturated carbocycles. The summed E-state index contributed by atoms with van der Waals surface area (Å²) in [6.45, 7) is 5.08. The lowest BCUT2D eigenvalue weighted by Gasteiger charge is -2.03. The summed E-state index contributed by atoms with van der Waals surface area (Å²) in [7, 11) is 0. The van der Waals surface area contributed by atoms with E-state index in [4.69, 9.17) is 4.74 Å². The fourth-order valence-corrected chi connectivity index (χ4v) is 4.21. The zero-order chi connectivity index (χ0) is 14.4. The first-order chi connectivity index (χ1) is 10.2. The van der Waals surface area contributed by atoms with Gasteiger partial charge in [0, 0.05) is 12.0 Å². The Hall–Kier alpha value is -1.38. The van der Waals surface area contributed by atoms with Crippen molar-refractivity contribution in [2.24, 2.45) is 0 Å². The van der Waals surface area contributed by atoms with Crippen molar-refractivity contribution in [1.29, 1.82) is 0 Å². The van der Waals surface area contributed by atoms with Gasteiger partial charge in [-0.1, -0.05) is 25.2 Å². The molecule has 0 N–H and O–H groups in total. The zero-order valence-electron chi connectivity index (χ0n) is 11.8. The van der Waals surface area contributed by atoms with Crippen LogP contribution in [0, 0.1) is 0 Å². The van der Waals surface area contributed by atoms with Crippen LogP contribution in [0.2, 0.25) is 0 Å². The third kappa shape index (κ3) is 2.27. The average Bonchev–Trinajstić information content (AvgIpc) is 3.21. The van der Waals surface area contributed by atoms with Gasteiger partial charge in [-0.2, -0.15) is 9.61 Å². The highest BCUT2D eigenvalue weighted by Gasteiger charge is 2.25. The molecule has 0 aliphatic carbocycles. The summed E-state index contributed by atoms with van der Waals surface area (Å²) in [5, 5.41) is 17.0. The molecule has 0 amide bonds. The van der Waals surface area contributed by atoms with Gasteiger partial charge >= 0.3 is 0 Å². The van der Waals surface area contributed by atoms with Crippen molar-refractivity contribution in [1.82, 2.24) is 24.8 Å². The number of hydrogen-bond acceptors (Lipinski definition) is 7. The first-order valence-electron chi connectivity index (χ1n) is 7.02. The van der Waals surface area contributed by atoms with E-state index in [1.807, 2.05) is 4.52 Å². The molecule has 6 nitrogen and oxygen atoms in total. The lowest BCUT2D eigenvalue weighted by Crippen LogP contribution is -2.03. The van der Waals surface area contributed by atoms with Crippen molar-refractivity contribution in [3.63, 3.8) is 0 Å². The number of ether oxygens (including phenoxy) is 1. The van der Waals surface area contributed by atoms with Crippen molar-refractivity contribution >= 4 is 27.6 Å². The molecule has 4 heterocycles. The highest BCUT2D eigenvalue weighted by Crippen LogP contribution is 2.33. The normalized spacial score (nSPS) is 19.1. The molecule has 8 heteroatoms. The number of fused-ring (bicyclic) bond motifs is 1. The molecular weight excluding hydrogens is 306 g/mol. The second-order valence-corrected chi connectivity index (χ2v) is 7.21. The summed E-state index contributed by atoms with van der Waals surface area (Å²) in [4.78, 5) is 5.46. The Labute approximate surface area is 129 Å². The maximum absolute atomic E-state index is 5.68. The van der Waals surface area contributed by atoms with Gasteiger partial charge in [0.05, 0.1) is 5.69 Å². The van der Waals surface area contributed by atoms with E-state index in [0.29, 0.717) is 5.92 Å². The van der Waals surface area contributed by atoms with E-state index < -0.39 is 0 Å².